The van der Waals surface area contributed by atoms with E-state index in [0.717, 1.165) is 41.1 Å². The molecule has 1 aliphatic carbocycles. The lowest BCUT2D eigenvalue weighted by Crippen LogP contribution is -2.66. The summed E-state index contributed by atoms with van der Waals surface area (Å²) >= 11 is 13.1. The molecule has 6 N–H and O–H groups in total. The maximum absolute atomic E-state index is 16.0. The lowest BCUT2D eigenvalue weighted by atomic mass is 9.87. The summed E-state index contributed by atoms with van der Waals surface area (Å²) < 4.78 is 48.2. The van der Waals surface area contributed by atoms with Crippen molar-refractivity contribution in [1.82, 2.24) is 50.4 Å². The van der Waals surface area contributed by atoms with Gasteiger partial charge in [0.25, 0.3) is 0 Å². The molecule has 3 saturated heterocycles. The van der Waals surface area contributed by atoms with Crippen molar-refractivity contribution in [2.24, 2.45) is 13.0 Å². The summed E-state index contributed by atoms with van der Waals surface area (Å²) in [6.07, 6.45) is -0.00455. The number of rotatable bonds is 29. The fourth-order valence-corrected chi connectivity index (χ4v) is 13.9. The maximum atomic E-state index is 16.0. The summed E-state index contributed by atoms with van der Waals surface area (Å²) in [6, 6.07) is 23.6. The average molecular weight is 1470 g/mol. The fourth-order valence-electron chi connectivity index (χ4n) is 13.6. The SMILES string of the molecule is COC[C@@H]1NC(=O)[C@H](CCCNC(=O)OCCOCCOCCOC[C@@]23CO[C@H](O2)[C@H](NC(C)=O)[C@@H](O)[C@H]3O)N(Cc2ccc(Cl)cc2Oc2ccc(-c3cnc(CN(C)C)n3C)cc2)C(=O)C[C@@H](Cc2ccccc2)C(=O)N(C)[C@H]2CCCC[C@@H]2NC(=O)C[C@H](Cc2ccc(Cl)cc2)N(C)C1=O. The van der Waals surface area contributed by atoms with Crippen LogP contribution in [-0.2, 0) is 94.9 Å². The van der Waals surface area contributed by atoms with E-state index >= 15 is 19.2 Å². The van der Waals surface area contributed by atoms with Crippen molar-refractivity contribution in [2.45, 2.75) is 145 Å². The highest BCUT2D eigenvalue weighted by Gasteiger charge is 2.59. The van der Waals surface area contributed by atoms with Gasteiger partial charge in [0.15, 0.2) is 6.29 Å². The number of amides is 7. The van der Waals surface area contributed by atoms with E-state index < -0.39 is 96.0 Å². The number of nitrogens with one attached hydrogen (secondary N) is 4. The number of methoxy groups -OCH3 is 1. The summed E-state index contributed by atoms with van der Waals surface area (Å²) in [6.45, 7) is 1.66. The molecular weight excluding hydrogens is 1370 g/mol. The van der Waals surface area contributed by atoms with Gasteiger partial charge in [-0.1, -0.05) is 84.6 Å². The van der Waals surface area contributed by atoms with Gasteiger partial charge in [-0.25, -0.2) is 9.78 Å². The van der Waals surface area contributed by atoms with E-state index in [-0.39, 0.29) is 129 Å². The number of imidazole rings is 1. The molecule has 4 heterocycles. The molecule has 7 amide bonds. The van der Waals surface area contributed by atoms with E-state index in [1.54, 1.807) is 49.3 Å². The number of halogens is 2. The van der Waals surface area contributed by atoms with Gasteiger partial charge in [-0.2, -0.15) is 0 Å². The fraction of sp³-hybridized carbons (Fsp3) is 0.541. The largest absolute Gasteiger partial charge is 0.457 e. The highest BCUT2D eigenvalue weighted by atomic mass is 35.5. The van der Waals surface area contributed by atoms with E-state index in [9.17, 15) is 24.6 Å². The number of likely N-dealkylation sites (N-methyl/N-ethyl adjacent to an activating group) is 2. The Morgan fingerprint density at radius 2 is 1.49 bits per heavy atom. The van der Waals surface area contributed by atoms with Gasteiger partial charge in [-0.15, -0.1) is 0 Å². The Morgan fingerprint density at radius 3 is 2.19 bits per heavy atom. The van der Waals surface area contributed by atoms with E-state index in [1.165, 1.54) is 23.8 Å². The molecule has 2 bridgehead atoms. The molecule has 0 radical (unpaired) electrons. The van der Waals surface area contributed by atoms with Crippen LogP contribution in [0.3, 0.4) is 0 Å². The maximum Gasteiger partial charge on any atom is 0.407 e. The molecule has 11 atom stereocenters. The van der Waals surface area contributed by atoms with E-state index in [1.807, 2.05) is 104 Å². The summed E-state index contributed by atoms with van der Waals surface area (Å²) in [5.74, 6) is -2.35. The van der Waals surface area contributed by atoms with Gasteiger partial charge in [-0.3, -0.25) is 28.8 Å². The van der Waals surface area contributed by atoms with Crippen molar-refractivity contribution in [2.75, 3.05) is 101 Å². The van der Waals surface area contributed by atoms with Crippen molar-refractivity contribution in [3.05, 3.63) is 136 Å². The van der Waals surface area contributed by atoms with E-state index in [4.69, 9.17) is 61.1 Å². The highest BCUT2D eigenvalue weighted by Crippen LogP contribution is 2.38. The van der Waals surface area contributed by atoms with E-state index in [2.05, 4.69) is 26.3 Å². The number of hydrogen-bond donors (Lipinski definition) is 6. The second-order valence-electron chi connectivity index (χ2n) is 27.0. The Kier molecular flexibility index (Phi) is 29.5. The molecule has 0 spiro atoms. The number of alkyl carbamates (subject to hydrolysis) is 1. The van der Waals surface area contributed by atoms with Gasteiger partial charge >= 0.3 is 6.09 Å². The lowest BCUT2D eigenvalue weighted by Gasteiger charge is -2.42. The monoisotopic (exact) mass is 1470 g/mol. The number of fused-ring (bicyclic) bond motifs is 3. The van der Waals surface area contributed by atoms with Gasteiger partial charge in [0.05, 0.1) is 89.8 Å². The summed E-state index contributed by atoms with van der Waals surface area (Å²) in [5, 5.41) is 33.8. The second kappa shape index (κ2) is 38.3. The van der Waals surface area contributed by atoms with Crippen LogP contribution < -0.4 is 26.0 Å². The molecule has 4 aromatic carbocycles. The van der Waals surface area contributed by atoms with Crippen molar-refractivity contribution >= 4 is 64.7 Å². The molecule has 5 aromatic rings. The lowest BCUT2D eigenvalue weighted by molar-refractivity contribution is -0.238. The molecule has 3 aliphatic heterocycles. The Morgan fingerprint density at radius 1 is 0.796 bits per heavy atom. The molecule has 103 heavy (non-hydrogen) atoms. The predicted molar refractivity (Wildman–Crippen MR) is 381 cm³/mol. The molecule has 29 heteroatoms. The zero-order valence-electron chi connectivity index (χ0n) is 59.6. The number of nitrogens with zero attached hydrogens (tertiary/aromatic N) is 6. The minimum atomic E-state index is -1.39. The minimum absolute atomic E-state index is 0.0226. The molecule has 9 rings (SSSR count). The second-order valence-corrected chi connectivity index (χ2v) is 27.9. The van der Waals surface area contributed by atoms with Crippen molar-refractivity contribution in [1.29, 1.82) is 0 Å². The number of aliphatic hydroxyl groups excluding tert-OH is 2. The zero-order chi connectivity index (χ0) is 73.7. The van der Waals surface area contributed by atoms with Crippen LogP contribution in [0.15, 0.2) is 103 Å². The first-order valence-electron chi connectivity index (χ1n) is 35.0. The summed E-state index contributed by atoms with van der Waals surface area (Å²) in [4.78, 5) is 113. The zero-order valence-corrected chi connectivity index (χ0v) is 61.1. The van der Waals surface area contributed by atoms with Gasteiger partial charge < -0.3 is 93.5 Å². The van der Waals surface area contributed by atoms with Crippen LogP contribution in [-0.4, -0.2) is 243 Å². The van der Waals surface area contributed by atoms with Gasteiger partial charge in [-0.05, 0) is 112 Å². The topological polar surface area (TPSA) is 313 Å². The first-order chi connectivity index (χ1) is 49.5. The molecule has 27 nitrogen and oxygen atoms in total. The van der Waals surface area contributed by atoms with Crippen LogP contribution >= 0.6 is 23.2 Å². The van der Waals surface area contributed by atoms with Crippen molar-refractivity contribution in [3.8, 4) is 22.8 Å². The third kappa shape index (κ3) is 21.9. The molecular formula is C74H98Cl2N10O17. The molecule has 4 fully saturated rings. The van der Waals surface area contributed by atoms with Gasteiger partial charge in [0, 0.05) is 87.8 Å². The van der Waals surface area contributed by atoms with Crippen molar-refractivity contribution in [3.63, 3.8) is 0 Å². The molecule has 1 saturated carbocycles. The summed E-state index contributed by atoms with van der Waals surface area (Å²) in [5.41, 5.74) is 2.49. The quantitative estimate of drug-likeness (QED) is 0.0318. The highest BCUT2D eigenvalue weighted by molar-refractivity contribution is 6.31. The van der Waals surface area contributed by atoms with Crippen LogP contribution in [0.4, 0.5) is 4.79 Å². The molecule has 560 valence electrons. The number of hydrogen-bond acceptors (Lipinski definition) is 19. The number of carbonyl (C=O) groups excluding carboxylic acids is 7. The summed E-state index contributed by atoms with van der Waals surface area (Å²) in [7, 11) is 10.6. The Hall–Kier alpha value is -7.80. The normalized spacial score (nSPS) is 24.5. The Bertz CT molecular complexity index is 3630. The Labute approximate surface area is 611 Å². The molecule has 1 aromatic heterocycles. The number of aliphatic hydroxyl groups is 2. The third-order valence-electron chi connectivity index (χ3n) is 19.2. The number of ether oxygens (including phenoxy) is 8. The first kappa shape index (κ1) is 79.3. The predicted octanol–water partition coefficient (Wildman–Crippen LogP) is 5.59. The van der Waals surface area contributed by atoms with Crippen LogP contribution in [0.2, 0.25) is 10.0 Å². The van der Waals surface area contributed by atoms with Crippen LogP contribution in [0.1, 0.15) is 80.8 Å². The van der Waals surface area contributed by atoms with Gasteiger partial charge in [0.2, 0.25) is 35.4 Å². The minimum Gasteiger partial charge on any atom is -0.457 e. The Balaban J connectivity index is 0.948. The third-order valence-corrected chi connectivity index (χ3v) is 19.7. The van der Waals surface area contributed by atoms with Gasteiger partial charge in [0.1, 0.15) is 59.9 Å². The standard InChI is InChI=1S/C74H98Cl2N10O17/c1-47(87)79-66-67(90)68(91)74(46-101-72(66)103-74)45-99-33-32-97-30-31-98-34-35-100-73(95)77-29-13-18-60-69(92)81-58(44-96-7)71(94)83(4)55(37-49-19-24-53(75)25-20-49)40-64(88)80-57-16-11-12-17-59(57)85(6)70(93)52(36-48-14-9-8-10-15-48)38-65(89)86(60)42-51-21-26-54(76)39-62(51)102-56-27-22-50(23-28-56)61-41-78-63(84(61)5)43-82(2)3/h8-10,14-15,19-28,39,41,52,55,57-60,66-68,72,90-91H,11-13,16-18,29-38,40,42-46H2,1-7H3,(H,77,95)(H,79,87)(H,80,88)(H,81,92)/t52-,55+,57+,58+,59+,60+,66-,67-,68-,72-,74+/m1/s1. The number of benzene rings is 4. The van der Waals surface area contributed by atoms with E-state index in [0.29, 0.717) is 40.7 Å². The molecule has 4 aliphatic rings. The average Bonchev–Trinajstić information content (AvgIpc) is 1.63. The van der Waals surface area contributed by atoms with Crippen LogP contribution in [0, 0.1) is 5.92 Å². The number of aromatic nitrogens is 2. The molecule has 0 unspecified atom stereocenters. The van der Waals surface area contributed by atoms with Crippen LogP contribution in [0.5, 0.6) is 11.5 Å². The smallest absolute Gasteiger partial charge is 0.407 e. The first-order valence-corrected chi connectivity index (χ1v) is 35.7. The van der Waals surface area contributed by atoms with Crippen molar-refractivity contribution < 1.29 is 81.7 Å². The number of carbonyl (C=O) groups is 7. The van der Waals surface area contributed by atoms with Crippen LogP contribution in [0.25, 0.3) is 11.3 Å².